The van der Waals surface area contributed by atoms with Crippen LogP contribution in [-0.4, -0.2) is 23.3 Å². The van der Waals surface area contributed by atoms with Crippen LogP contribution in [0.3, 0.4) is 0 Å². The summed E-state index contributed by atoms with van der Waals surface area (Å²) < 4.78 is 4.82. The molecular weight excluding hydrogens is 192 g/mol. The molecular formula is C12H18O3. The van der Waals surface area contributed by atoms with Gasteiger partial charge in [0.15, 0.2) is 0 Å². The molecule has 15 heavy (non-hydrogen) atoms. The predicted octanol–water partition coefficient (Wildman–Crippen LogP) is 1.82. The Morgan fingerprint density at radius 2 is 2.33 bits per heavy atom. The Bertz CT molecular complexity index is 293. The first kappa shape index (κ1) is 12.0. The molecule has 0 aliphatic heterocycles. The van der Waals surface area contributed by atoms with Crippen LogP contribution in [0.4, 0.5) is 0 Å². The zero-order valence-corrected chi connectivity index (χ0v) is 9.32. The third kappa shape index (κ3) is 3.51. The van der Waals surface area contributed by atoms with Crippen LogP contribution in [0.25, 0.3) is 0 Å². The van der Waals surface area contributed by atoms with E-state index in [2.05, 4.69) is 6.58 Å². The second kappa shape index (κ2) is 4.62. The summed E-state index contributed by atoms with van der Waals surface area (Å²) in [7, 11) is 0. The maximum Gasteiger partial charge on any atom is 0.302 e. The summed E-state index contributed by atoms with van der Waals surface area (Å²) in [5, 5.41) is 10.0. The Balaban J connectivity index is 2.55. The van der Waals surface area contributed by atoms with E-state index in [0.29, 0.717) is 12.3 Å². The van der Waals surface area contributed by atoms with E-state index in [-0.39, 0.29) is 12.6 Å². The lowest BCUT2D eigenvalue weighted by molar-refractivity contribution is -0.147. The van der Waals surface area contributed by atoms with Gasteiger partial charge < -0.3 is 9.84 Å². The second-order valence-electron chi connectivity index (χ2n) is 4.23. The van der Waals surface area contributed by atoms with Gasteiger partial charge in [-0.25, -0.2) is 0 Å². The topological polar surface area (TPSA) is 46.5 Å². The molecule has 3 heteroatoms. The van der Waals surface area contributed by atoms with E-state index < -0.39 is 5.60 Å². The van der Waals surface area contributed by atoms with Crippen LogP contribution in [0.5, 0.6) is 0 Å². The number of ether oxygens (including phenoxy) is 1. The van der Waals surface area contributed by atoms with Crippen LogP contribution in [0.15, 0.2) is 24.3 Å². The SMILES string of the molecule is C=C(C)C1C=CC(O)(COC(C)=O)CC1. The van der Waals surface area contributed by atoms with Crippen LogP contribution in [0.2, 0.25) is 0 Å². The highest BCUT2D eigenvalue weighted by atomic mass is 16.5. The van der Waals surface area contributed by atoms with Gasteiger partial charge >= 0.3 is 5.97 Å². The molecule has 0 saturated heterocycles. The standard InChI is InChI=1S/C12H18O3/c1-9(2)11-4-6-12(14,7-5-11)8-15-10(3)13/h4,6,11,14H,1,5,7-8H2,2-3H3. The van der Waals surface area contributed by atoms with E-state index in [9.17, 15) is 9.90 Å². The molecule has 1 rings (SSSR count). The molecule has 0 saturated carbocycles. The second-order valence-corrected chi connectivity index (χ2v) is 4.23. The van der Waals surface area contributed by atoms with Crippen molar-refractivity contribution in [2.75, 3.05) is 6.61 Å². The van der Waals surface area contributed by atoms with Crippen molar-refractivity contribution in [3.63, 3.8) is 0 Å². The van der Waals surface area contributed by atoms with E-state index >= 15 is 0 Å². The molecule has 0 aromatic heterocycles. The van der Waals surface area contributed by atoms with Crippen molar-refractivity contribution in [2.24, 2.45) is 5.92 Å². The number of hydrogen-bond donors (Lipinski definition) is 1. The summed E-state index contributed by atoms with van der Waals surface area (Å²) in [4.78, 5) is 10.6. The molecule has 1 aliphatic rings. The van der Waals surface area contributed by atoms with Crippen molar-refractivity contribution >= 4 is 5.97 Å². The van der Waals surface area contributed by atoms with Gasteiger partial charge in [0.2, 0.25) is 0 Å². The number of allylic oxidation sites excluding steroid dienone is 2. The van der Waals surface area contributed by atoms with Gasteiger partial charge in [0.05, 0.1) is 0 Å². The highest BCUT2D eigenvalue weighted by molar-refractivity contribution is 5.66. The van der Waals surface area contributed by atoms with E-state index in [1.165, 1.54) is 6.92 Å². The number of aliphatic hydroxyl groups is 1. The van der Waals surface area contributed by atoms with Crippen LogP contribution in [-0.2, 0) is 9.53 Å². The maximum atomic E-state index is 10.6. The van der Waals surface area contributed by atoms with Crippen LogP contribution >= 0.6 is 0 Å². The van der Waals surface area contributed by atoms with Crippen molar-refractivity contribution in [3.8, 4) is 0 Å². The molecule has 0 bridgehead atoms. The molecule has 0 heterocycles. The lowest BCUT2D eigenvalue weighted by atomic mass is 9.83. The van der Waals surface area contributed by atoms with Gasteiger partial charge in [-0.05, 0) is 25.7 Å². The molecule has 0 aromatic carbocycles. The Hall–Kier alpha value is -1.09. The van der Waals surface area contributed by atoms with Gasteiger partial charge in [0.25, 0.3) is 0 Å². The zero-order chi connectivity index (χ0) is 11.5. The molecule has 3 nitrogen and oxygen atoms in total. The van der Waals surface area contributed by atoms with Gasteiger partial charge in [0.1, 0.15) is 12.2 Å². The summed E-state index contributed by atoms with van der Waals surface area (Å²) in [6, 6.07) is 0. The Morgan fingerprint density at radius 1 is 1.67 bits per heavy atom. The van der Waals surface area contributed by atoms with Crippen LogP contribution in [0, 0.1) is 5.92 Å². The minimum Gasteiger partial charge on any atom is -0.462 e. The summed E-state index contributed by atoms with van der Waals surface area (Å²) in [6.07, 6.45) is 5.12. The van der Waals surface area contributed by atoms with Crippen LogP contribution in [0.1, 0.15) is 26.7 Å². The van der Waals surface area contributed by atoms with E-state index in [1.54, 1.807) is 6.08 Å². The lowest BCUT2D eigenvalue weighted by Gasteiger charge is -2.30. The highest BCUT2D eigenvalue weighted by Crippen LogP contribution is 2.29. The number of esters is 1. The third-order valence-electron chi connectivity index (χ3n) is 2.69. The van der Waals surface area contributed by atoms with Crippen molar-refractivity contribution in [2.45, 2.75) is 32.3 Å². The van der Waals surface area contributed by atoms with Crippen molar-refractivity contribution < 1.29 is 14.6 Å². The van der Waals surface area contributed by atoms with Gasteiger partial charge in [0, 0.05) is 6.92 Å². The first-order valence-corrected chi connectivity index (χ1v) is 5.13. The van der Waals surface area contributed by atoms with E-state index in [4.69, 9.17) is 4.74 Å². The molecule has 2 atom stereocenters. The van der Waals surface area contributed by atoms with Gasteiger partial charge in [-0.3, -0.25) is 4.79 Å². The quantitative estimate of drug-likeness (QED) is 0.571. The molecule has 0 spiro atoms. The number of rotatable bonds is 3. The molecule has 0 radical (unpaired) electrons. The Kier molecular flexibility index (Phi) is 3.69. The fourth-order valence-corrected chi connectivity index (χ4v) is 1.64. The molecule has 0 fully saturated rings. The zero-order valence-electron chi connectivity index (χ0n) is 9.32. The minimum absolute atomic E-state index is 0.0434. The molecule has 2 unspecified atom stereocenters. The Morgan fingerprint density at radius 3 is 2.73 bits per heavy atom. The first-order chi connectivity index (χ1) is 6.93. The number of hydrogen-bond acceptors (Lipinski definition) is 3. The largest absolute Gasteiger partial charge is 0.462 e. The lowest BCUT2D eigenvalue weighted by Crippen LogP contribution is -2.36. The smallest absolute Gasteiger partial charge is 0.302 e. The molecule has 1 N–H and O–H groups in total. The summed E-state index contributed by atoms with van der Waals surface area (Å²) in [5.41, 5.74) is 0.109. The third-order valence-corrected chi connectivity index (χ3v) is 2.69. The first-order valence-electron chi connectivity index (χ1n) is 5.13. The van der Waals surface area contributed by atoms with Crippen molar-refractivity contribution in [1.29, 1.82) is 0 Å². The van der Waals surface area contributed by atoms with E-state index in [0.717, 1.165) is 12.0 Å². The molecule has 84 valence electrons. The minimum atomic E-state index is -0.988. The molecule has 1 aliphatic carbocycles. The fraction of sp³-hybridized carbons (Fsp3) is 0.583. The summed E-state index contributed by atoms with van der Waals surface area (Å²) in [5.74, 6) is -0.0264. The predicted molar refractivity (Wildman–Crippen MR) is 58.3 cm³/mol. The van der Waals surface area contributed by atoms with Crippen molar-refractivity contribution in [3.05, 3.63) is 24.3 Å². The van der Waals surface area contributed by atoms with Crippen LogP contribution < -0.4 is 0 Å². The van der Waals surface area contributed by atoms with Gasteiger partial charge in [-0.15, -0.1) is 0 Å². The average molecular weight is 210 g/mol. The fourth-order valence-electron chi connectivity index (χ4n) is 1.64. The molecule has 0 aromatic rings. The van der Waals surface area contributed by atoms with Gasteiger partial charge in [-0.1, -0.05) is 24.3 Å². The summed E-state index contributed by atoms with van der Waals surface area (Å²) >= 11 is 0. The molecule has 0 amide bonds. The highest BCUT2D eigenvalue weighted by Gasteiger charge is 2.29. The number of carbonyl (C=O) groups is 1. The maximum absolute atomic E-state index is 10.6. The Labute approximate surface area is 90.4 Å². The van der Waals surface area contributed by atoms with Gasteiger partial charge in [-0.2, -0.15) is 0 Å². The summed E-state index contributed by atoms with van der Waals surface area (Å²) in [6.45, 7) is 7.24. The number of carbonyl (C=O) groups excluding carboxylic acids is 1. The average Bonchev–Trinajstić information content (AvgIpc) is 2.16. The van der Waals surface area contributed by atoms with E-state index in [1.807, 2.05) is 13.0 Å². The normalized spacial score (nSPS) is 29.9. The van der Waals surface area contributed by atoms with Crippen molar-refractivity contribution in [1.82, 2.24) is 0 Å². The monoisotopic (exact) mass is 210 g/mol.